The van der Waals surface area contributed by atoms with Crippen LogP contribution in [0.1, 0.15) is 20.8 Å². The summed E-state index contributed by atoms with van der Waals surface area (Å²) in [5.74, 6) is -2.62. The van der Waals surface area contributed by atoms with Crippen molar-refractivity contribution in [3.05, 3.63) is 29.6 Å². The van der Waals surface area contributed by atoms with Crippen molar-refractivity contribution in [3.8, 4) is 0 Å². The highest BCUT2D eigenvalue weighted by molar-refractivity contribution is 6.47. The Balaban J connectivity index is 2.86. The number of benzene rings is 1. The monoisotopic (exact) mass is 234 g/mol. The Kier molecular flexibility index (Phi) is 3.57. The second-order valence-corrected chi connectivity index (χ2v) is 5.53. The fourth-order valence-electron chi connectivity index (χ4n) is 0.999. The highest BCUT2D eigenvalue weighted by Gasteiger charge is 2.16. The van der Waals surface area contributed by atoms with E-state index in [4.69, 9.17) is 4.43 Å². The fourth-order valence-corrected chi connectivity index (χ4v) is 2.06. The van der Waals surface area contributed by atoms with Crippen molar-refractivity contribution in [2.24, 2.45) is 0 Å². The van der Waals surface area contributed by atoms with Crippen molar-refractivity contribution in [3.63, 3.8) is 0 Å². The summed E-state index contributed by atoms with van der Waals surface area (Å²) in [6.45, 7) is 5.41. The van der Waals surface area contributed by atoms with Crippen LogP contribution < -0.4 is 5.19 Å². The molecule has 0 heterocycles. The first kappa shape index (κ1) is 12.3. The lowest BCUT2D eigenvalue weighted by atomic mass is 10.2. The van der Waals surface area contributed by atoms with E-state index in [1.807, 2.05) is 0 Å². The van der Waals surface area contributed by atoms with E-state index in [0.29, 0.717) is 12.1 Å². The molecular formula is C10H13F3OSi. The summed E-state index contributed by atoms with van der Waals surface area (Å²) in [4.78, 5) is 0. The third-order valence-corrected chi connectivity index (χ3v) is 3.73. The third-order valence-electron chi connectivity index (χ3n) is 1.76. The minimum absolute atomic E-state index is 0.105. The SMILES string of the molecule is CC(C)(C)O[SiH2]c1c(F)cc(F)cc1F. The molecule has 0 saturated carbocycles. The van der Waals surface area contributed by atoms with Crippen molar-refractivity contribution < 1.29 is 17.6 Å². The van der Waals surface area contributed by atoms with Gasteiger partial charge in [-0.25, -0.2) is 13.2 Å². The molecule has 0 fully saturated rings. The van der Waals surface area contributed by atoms with E-state index in [1.165, 1.54) is 0 Å². The van der Waals surface area contributed by atoms with Crippen LogP contribution in [-0.2, 0) is 4.43 Å². The lowest BCUT2D eigenvalue weighted by Crippen LogP contribution is -2.32. The molecule has 0 aromatic heterocycles. The first-order valence-electron chi connectivity index (χ1n) is 4.57. The molecule has 0 spiro atoms. The van der Waals surface area contributed by atoms with Crippen LogP contribution in [0.25, 0.3) is 0 Å². The molecule has 0 bridgehead atoms. The molecule has 5 heteroatoms. The highest BCUT2D eigenvalue weighted by atomic mass is 28.2. The fraction of sp³-hybridized carbons (Fsp3) is 0.400. The largest absolute Gasteiger partial charge is 0.414 e. The first-order chi connectivity index (χ1) is 6.79. The van der Waals surface area contributed by atoms with Crippen LogP contribution in [0.4, 0.5) is 13.2 Å². The van der Waals surface area contributed by atoms with Crippen molar-refractivity contribution in [1.82, 2.24) is 0 Å². The number of hydrogen-bond donors (Lipinski definition) is 0. The first-order valence-corrected chi connectivity index (χ1v) is 5.85. The van der Waals surface area contributed by atoms with E-state index < -0.39 is 32.8 Å². The van der Waals surface area contributed by atoms with E-state index in [-0.39, 0.29) is 5.19 Å². The zero-order chi connectivity index (χ0) is 11.6. The van der Waals surface area contributed by atoms with E-state index in [9.17, 15) is 13.2 Å². The lowest BCUT2D eigenvalue weighted by Gasteiger charge is -2.20. The molecule has 0 amide bonds. The van der Waals surface area contributed by atoms with Crippen LogP contribution in [0.2, 0.25) is 0 Å². The molecule has 15 heavy (non-hydrogen) atoms. The van der Waals surface area contributed by atoms with Gasteiger partial charge >= 0.3 is 0 Å². The zero-order valence-corrected chi connectivity index (χ0v) is 10.3. The standard InChI is InChI=1S/C10H13F3OSi/c1-10(2,3)14-15-9-7(12)4-6(11)5-8(9)13/h4-5H,15H2,1-3H3. The van der Waals surface area contributed by atoms with Gasteiger partial charge < -0.3 is 4.43 Å². The number of halogens is 3. The van der Waals surface area contributed by atoms with Crippen LogP contribution in [-0.4, -0.2) is 15.4 Å². The molecule has 1 aromatic rings. The van der Waals surface area contributed by atoms with Crippen molar-refractivity contribution >= 4 is 14.9 Å². The summed E-state index contributed by atoms with van der Waals surface area (Å²) in [6, 6.07) is 1.36. The molecule has 0 radical (unpaired) electrons. The van der Waals surface area contributed by atoms with Crippen LogP contribution in [0.5, 0.6) is 0 Å². The molecule has 1 rings (SSSR count). The van der Waals surface area contributed by atoms with Gasteiger partial charge in [0.1, 0.15) is 17.5 Å². The maximum absolute atomic E-state index is 13.2. The summed E-state index contributed by atoms with van der Waals surface area (Å²) >= 11 is 0. The van der Waals surface area contributed by atoms with Crippen LogP contribution in [0, 0.1) is 17.5 Å². The average Bonchev–Trinajstić information content (AvgIpc) is 1.99. The topological polar surface area (TPSA) is 9.23 Å². The van der Waals surface area contributed by atoms with Crippen molar-refractivity contribution in [2.75, 3.05) is 0 Å². The quantitative estimate of drug-likeness (QED) is 0.707. The number of hydrogen-bond acceptors (Lipinski definition) is 1. The summed E-state index contributed by atoms with van der Waals surface area (Å²) in [7, 11) is -1.51. The Morgan fingerprint density at radius 1 is 1.07 bits per heavy atom. The van der Waals surface area contributed by atoms with Gasteiger partial charge in [0.25, 0.3) is 0 Å². The molecule has 84 valence electrons. The van der Waals surface area contributed by atoms with Gasteiger partial charge in [0.15, 0.2) is 9.76 Å². The van der Waals surface area contributed by atoms with Gasteiger partial charge in [-0.15, -0.1) is 0 Å². The van der Waals surface area contributed by atoms with Crippen molar-refractivity contribution in [1.29, 1.82) is 0 Å². The Labute approximate surface area is 89.2 Å². The van der Waals surface area contributed by atoms with E-state index in [1.54, 1.807) is 20.8 Å². The smallest absolute Gasteiger partial charge is 0.199 e. The van der Waals surface area contributed by atoms with Gasteiger partial charge in [-0.3, -0.25) is 0 Å². The Bertz CT molecular complexity index is 337. The van der Waals surface area contributed by atoms with Gasteiger partial charge in [-0.1, -0.05) is 0 Å². The second kappa shape index (κ2) is 4.36. The zero-order valence-electron chi connectivity index (χ0n) is 8.90. The summed E-state index contributed by atoms with van der Waals surface area (Å²) < 4.78 is 44.3. The van der Waals surface area contributed by atoms with E-state index in [2.05, 4.69) is 0 Å². The van der Waals surface area contributed by atoms with E-state index >= 15 is 0 Å². The Morgan fingerprint density at radius 2 is 1.53 bits per heavy atom. The maximum atomic E-state index is 13.2. The van der Waals surface area contributed by atoms with Gasteiger partial charge in [0.2, 0.25) is 0 Å². The van der Waals surface area contributed by atoms with Crippen LogP contribution >= 0.6 is 0 Å². The average molecular weight is 234 g/mol. The van der Waals surface area contributed by atoms with Gasteiger partial charge in [0.05, 0.1) is 0 Å². The molecule has 0 atom stereocenters. The molecule has 0 N–H and O–H groups in total. The predicted molar refractivity (Wildman–Crippen MR) is 55.3 cm³/mol. The minimum atomic E-state index is -1.51. The van der Waals surface area contributed by atoms with Crippen LogP contribution in [0.15, 0.2) is 12.1 Å². The second-order valence-electron chi connectivity index (χ2n) is 4.25. The summed E-state index contributed by atoms with van der Waals surface area (Å²) in [6.07, 6.45) is 0. The Morgan fingerprint density at radius 3 is 1.93 bits per heavy atom. The molecule has 0 aliphatic heterocycles. The number of rotatable bonds is 2. The van der Waals surface area contributed by atoms with Gasteiger partial charge in [-0.05, 0) is 20.8 Å². The summed E-state index contributed by atoms with van der Waals surface area (Å²) in [5, 5.41) is -0.105. The normalized spacial score (nSPS) is 12.7. The van der Waals surface area contributed by atoms with Gasteiger partial charge in [-0.2, -0.15) is 0 Å². The molecule has 0 unspecified atom stereocenters. The van der Waals surface area contributed by atoms with Gasteiger partial charge in [0, 0.05) is 22.9 Å². The molecule has 0 aliphatic rings. The molecule has 0 saturated heterocycles. The van der Waals surface area contributed by atoms with Crippen LogP contribution in [0.3, 0.4) is 0 Å². The lowest BCUT2D eigenvalue weighted by molar-refractivity contribution is 0.141. The summed E-state index contributed by atoms with van der Waals surface area (Å²) in [5.41, 5.74) is -0.431. The minimum Gasteiger partial charge on any atom is -0.414 e. The highest BCUT2D eigenvalue weighted by Crippen LogP contribution is 2.08. The van der Waals surface area contributed by atoms with Crippen molar-refractivity contribution in [2.45, 2.75) is 26.4 Å². The molecule has 1 aromatic carbocycles. The van der Waals surface area contributed by atoms with E-state index in [0.717, 1.165) is 0 Å². The maximum Gasteiger partial charge on any atom is 0.199 e. The molecular weight excluding hydrogens is 221 g/mol. The predicted octanol–water partition coefficient (Wildman–Crippen LogP) is 1.63. The third kappa shape index (κ3) is 3.68. The Hall–Kier alpha value is -0.813. The molecule has 1 nitrogen and oxygen atoms in total. The molecule has 0 aliphatic carbocycles.